The van der Waals surface area contributed by atoms with Gasteiger partial charge in [0.15, 0.2) is 5.82 Å². The van der Waals surface area contributed by atoms with Gasteiger partial charge < -0.3 is 15.6 Å². The van der Waals surface area contributed by atoms with E-state index in [2.05, 4.69) is 20.0 Å². The van der Waals surface area contributed by atoms with Gasteiger partial charge in [0.1, 0.15) is 10.8 Å². The number of nitrogens with one attached hydrogen (secondary N) is 1. The van der Waals surface area contributed by atoms with Gasteiger partial charge in [0, 0.05) is 18.5 Å². The molecule has 18 heavy (non-hydrogen) atoms. The van der Waals surface area contributed by atoms with Crippen molar-refractivity contribution < 1.29 is 8.91 Å². The second kappa shape index (κ2) is 5.54. The van der Waals surface area contributed by atoms with Crippen molar-refractivity contribution in [3.8, 4) is 0 Å². The van der Waals surface area contributed by atoms with E-state index in [1.54, 1.807) is 12.1 Å². The number of nitrogens with two attached hydrogens (primary N) is 1. The Kier molecular flexibility index (Phi) is 3.83. The number of hydrogen-bond acceptors (Lipinski definition) is 5. The van der Waals surface area contributed by atoms with Crippen LogP contribution < -0.4 is 11.1 Å². The van der Waals surface area contributed by atoms with Crippen LogP contribution >= 0.6 is 12.2 Å². The van der Waals surface area contributed by atoms with Gasteiger partial charge in [0.25, 0.3) is 0 Å². The fourth-order valence-electron chi connectivity index (χ4n) is 1.42. The number of halogens is 1. The van der Waals surface area contributed by atoms with Crippen molar-refractivity contribution >= 4 is 22.9 Å². The highest BCUT2D eigenvalue weighted by atomic mass is 32.1. The Morgan fingerprint density at radius 1 is 1.50 bits per heavy atom. The third-order valence-electron chi connectivity index (χ3n) is 2.32. The molecule has 0 spiro atoms. The molecule has 0 saturated carbocycles. The first-order valence-electron chi connectivity index (χ1n) is 5.25. The SMILES string of the molecule is NC(=S)c1ccc(NCCc2ncon2)c(F)c1. The monoisotopic (exact) mass is 266 g/mol. The average molecular weight is 266 g/mol. The Morgan fingerprint density at radius 2 is 2.33 bits per heavy atom. The largest absolute Gasteiger partial charge is 0.389 e. The van der Waals surface area contributed by atoms with Gasteiger partial charge in [-0.15, -0.1) is 0 Å². The maximum atomic E-state index is 13.6. The molecular weight excluding hydrogens is 255 g/mol. The van der Waals surface area contributed by atoms with Gasteiger partial charge in [-0.25, -0.2) is 4.39 Å². The molecule has 2 aromatic rings. The van der Waals surface area contributed by atoms with Crippen LogP contribution in [0.5, 0.6) is 0 Å². The molecular formula is C11H11FN4OS. The van der Waals surface area contributed by atoms with Crippen molar-refractivity contribution in [2.45, 2.75) is 6.42 Å². The molecule has 1 aromatic carbocycles. The van der Waals surface area contributed by atoms with E-state index in [9.17, 15) is 4.39 Å². The second-order valence-electron chi connectivity index (χ2n) is 3.58. The standard InChI is InChI=1S/C11H11FN4OS/c12-8-5-7(11(13)18)1-2-9(8)14-4-3-10-15-6-17-16-10/h1-2,5-6,14H,3-4H2,(H2,13,18). The minimum Gasteiger partial charge on any atom is -0.389 e. The first-order valence-corrected chi connectivity index (χ1v) is 5.66. The van der Waals surface area contributed by atoms with Crippen LogP contribution in [0.4, 0.5) is 10.1 Å². The quantitative estimate of drug-likeness (QED) is 0.799. The fourth-order valence-corrected chi connectivity index (χ4v) is 1.55. The van der Waals surface area contributed by atoms with E-state index in [0.717, 1.165) is 0 Å². The number of hydrogen-bond donors (Lipinski definition) is 2. The molecule has 0 saturated heterocycles. The predicted molar refractivity (Wildman–Crippen MR) is 68.8 cm³/mol. The number of benzene rings is 1. The Bertz CT molecular complexity index is 544. The van der Waals surface area contributed by atoms with E-state index in [1.165, 1.54) is 12.5 Å². The molecule has 2 rings (SSSR count). The summed E-state index contributed by atoms with van der Waals surface area (Å²) in [5.74, 6) is 0.177. The molecule has 0 radical (unpaired) electrons. The fraction of sp³-hybridized carbons (Fsp3) is 0.182. The lowest BCUT2D eigenvalue weighted by molar-refractivity contribution is 0.410. The maximum Gasteiger partial charge on any atom is 0.213 e. The van der Waals surface area contributed by atoms with E-state index in [4.69, 9.17) is 18.0 Å². The van der Waals surface area contributed by atoms with Crippen LogP contribution in [0.1, 0.15) is 11.4 Å². The first kappa shape index (κ1) is 12.4. The molecule has 0 fully saturated rings. The number of rotatable bonds is 5. The smallest absolute Gasteiger partial charge is 0.213 e. The summed E-state index contributed by atoms with van der Waals surface area (Å²) in [5.41, 5.74) is 6.31. The van der Waals surface area contributed by atoms with Crippen LogP contribution in [0.15, 0.2) is 29.1 Å². The van der Waals surface area contributed by atoms with E-state index >= 15 is 0 Å². The average Bonchev–Trinajstić information content (AvgIpc) is 2.84. The minimum atomic E-state index is -0.395. The highest BCUT2D eigenvalue weighted by molar-refractivity contribution is 7.80. The summed E-state index contributed by atoms with van der Waals surface area (Å²) in [6, 6.07) is 4.57. The minimum absolute atomic E-state index is 0.173. The Labute approximate surface area is 108 Å². The van der Waals surface area contributed by atoms with Crippen molar-refractivity contribution in [2.24, 2.45) is 5.73 Å². The van der Waals surface area contributed by atoms with E-state index in [-0.39, 0.29) is 4.99 Å². The molecule has 0 aliphatic heterocycles. The van der Waals surface area contributed by atoms with Crippen molar-refractivity contribution in [1.82, 2.24) is 10.1 Å². The molecule has 0 amide bonds. The summed E-state index contributed by atoms with van der Waals surface area (Å²) in [7, 11) is 0. The summed E-state index contributed by atoms with van der Waals surface area (Å²) < 4.78 is 18.2. The van der Waals surface area contributed by atoms with Crippen molar-refractivity contribution in [1.29, 1.82) is 0 Å². The molecule has 0 unspecified atom stereocenters. The highest BCUT2D eigenvalue weighted by Crippen LogP contribution is 2.15. The zero-order valence-corrected chi connectivity index (χ0v) is 10.2. The number of nitrogens with zero attached hydrogens (tertiary/aromatic N) is 2. The van der Waals surface area contributed by atoms with Gasteiger partial charge in [-0.3, -0.25) is 0 Å². The molecule has 1 aromatic heterocycles. The molecule has 1 heterocycles. The third kappa shape index (κ3) is 3.01. The molecule has 0 aliphatic carbocycles. The molecule has 0 bridgehead atoms. The molecule has 5 nitrogen and oxygen atoms in total. The lowest BCUT2D eigenvalue weighted by Crippen LogP contribution is -2.11. The van der Waals surface area contributed by atoms with E-state index < -0.39 is 5.82 Å². The summed E-state index contributed by atoms with van der Waals surface area (Å²) in [5, 5.41) is 6.59. The summed E-state index contributed by atoms with van der Waals surface area (Å²) in [6.45, 7) is 0.503. The number of anilines is 1. The zero-order valence-electron chi connectivity index (χ0n) is 9.39. The molecule has 0 atom stereocenters. The topological polar surface area (TPSA) is 77.0 Å². The number of aromatic nitrogens is 2. The van der Waals surface area contributed by atoms with Gasteiger partial charge in [-0.1, -0.05) is 17.4 Å². The molecule has 3 N–H and O–H groups in total. The van der Waals surface area contributed by atoms with E-state index in [0.29, 0.717) is 30.0 Å². The summed E-state index contributed by atoms with van der Waals surface area (Å²) in [6.07, 6.45) is 1.81. The van der Waals surface area contributed by atoms with Gasteiger partial charge in [-0.05, 0) is 18.2 Å². The number of thiocarbonyl (C=S) groups is 1. The van der Waals surface area contributed by atoms with Crippen LogP contribution in [0.25, 0.3) is 0 Å². The molecule has 0 aliphatic rings. The Hall–Kier alpha value is -2.02. The van der Waals surface area contributed by atoms with Crippen LogP contribution in [-0.4, -0.2) is 21.7 Å². The highest BCUT2D eigenvalue weighted by Gasteiger charge is 2.05. The maximum absolute atomic E-state index is 13.6. The van der Waals surface area contributed by atoms with Gasteiger partial charge in [0.05, 0.1) is 5.69 Å². The van der Waals surface area contributed by atoms with Gasteiger partial charge >= 0.3 is 0 Å². The van der Waals surface area contributed by atoms with Crippen molar-refractivity contribution in [3.63, 3.8) is 0 Å². The summed E-state index contributed by atoms with van der Waals surface area (Å²) in [4.78, 5) is 4.04. The predicted octanol–water partition coefficient (Wildman–Crippen LogP) is 1.50. The lowest BCUT2D eigenvalue weighted by atomic mass is 10.2. The van der Waals surface area contributed by atoms with Crippen LogP contribution in [0.3, 0.4) is 0 Å². The van der Waals surface area contributed by atoms with Crippen LogP contribution in [-0.2, 0) is 6.42 Å². The normalized spacial score (nSPS) is 10.3. The first-order chi connectivity index (χ1) is 8.66. The van der Waals surface area contributed by atoms with E-state index in [1.807, 2.05) is 0 Å². The van der Waals surface area contributed by atoms with Crippen LogP contribution in [0.2, 0.25) is 0 Å². The second-order valence-corrected chi connectivity index (χ2v) is 4.02. The van der Waals surface area contributed by atoms with Crippen molar-refractivity contribution in [3.05, 3.63) is 41.8 Å². The van der Waals surface area contributed by atoms with Gasteiger partial charge in [-0.2, -0.15) is 4.98 Å². The summed E-state index contributed by atoms with van der Waals surface area (Å²) >= 11 is 4.77. The lowest BCUT2D eigenvalue weighted by Gasteiger charge is -2.07. The molecule has 94 valence electrons. The third-order valence-corrected chi connectivity index (χ3v) is 2.56. The molecule has 7 heteroatoms. The van der Waals surface area contributed by atoms with Crippen LogP contribution in [0, 0.1) is 5.82 Å². The Balaban J connectivity index is 1.95. The zero-order chi connectivity index (χ0) is 13.0. The van der Waals surface area contributed by atoms with Gasteiger partial charge in [0.2, 0.25) is 6.39 Å². The Morgan fingerprint density at radius 3 is 2.94 bits per heavy atom. The van der Waals surface area contributed by atoms with Crippen molar-refractivity contribution in [2.75, 3.05) is 11.9 Å².